The smallest absolute Gasteiger partial charge is 0.417 e. The summed E-state index contributed by atoms with van der Waals surface area (Å²) in [6.45, 7) is 11.6. The quantitative estimate of drug-likeness (QED) is 0.761. The average molecular weight is 255 g/mol. The van der Waals surface area contributed by atoms with Gasteiger partial charge in [0, 0.05) is 12.5 Å². The molecule has 4 nitrogen and oxygen atoms in total. The first-order chi connectivity index (χ1) is 8.11. The van der Waals surface area contributed by atoms with Crippen LogP contribution in [0.4, 0.5) is 4.79 Å². The van der Waals surface area contributed by atoms with Crippen LogP contribution in [0.15, 0.2) is 0 Å². The van der Waals surface area contributed by atoms with Crippen molar-refractivity contribution in [1.82, 2.24) is 4.90 Å². The van der Waals surface area contributed by atoms with E-state index in [1.165, 1.54) is 4.90 Å². The zero-order valence-electron chi connectivity index (χ0n) is 12.3. The Morgan fingerprint density at radius 2 is 2.00 bits per heavy atom. The lowest BCUT2D eigenvalue weighted by Gasteiger charge is -2.27. The van der Waals surface area contributed by atoms with Gasteiger partial charge in [-0.25, -0.2) is 9.69 Å². The van der Waals surface area contributed by atoms with Crippen LogP contribution in [0.1, 0.15) is 54.4 Å². The number of carbonyl (C=O) groups is 2. The van der Waals surface area contributed by atoms with E-state index in [-0.39, 0.29) is 17.9 Å². The molecule has 0 bridgehead atoms. The molecule has 104 valence electrons. The highest BCUT2D eigenvalue weighted by Gasteiger charge is 2.42. The van der Waals surface area contributed by atoms with E-state index in [4.69, 9.17) is 4.74 Å². The minimum Gasteiger partial charge on any atom is -0.443 e. The molecule has 0 aromatic rings. The van der Waals surface area contributed by atoms with Gasteiger partial charge in [-0.1, -0.05) is 13.8 Å². The van der Waals surface area contributed by atoms with Gasteiger partial charge in [-0.15, -0.1) is 0 Å². The molecule has 18 heavy (non-hydrogen) atoms. The maximum atomic E-state index is 12.0. The Kier molecular flexibility index (Phi) is 4.41. The Morgan fingerprint density at radius 3 is 2.44 bits per heavy atom. The third-order valence-corrected chi connectivity index (χ3v) is 3.16. The summed E-state index contributed by atoms with van der Waals surface area (Å²) < 4.78 is 5.28. The van der Waals surface area contributed by atoms with E-state index < -0.39 is 11.7 Å². The van der Waals surface area contributed by atoms with Crippen LogP contribution in [0.5, 0.6) is 0 Å². The van der Waals surface area contributed by atoms with E-state index in [0.717, 1.165) is 6.42 Å². The first-order valence-corrected chi connectivity index (χ1v) is 6.67. The Balaban J connectivity index is 2.72. The fraction of sp³-hybridized carbons (Fsp3) is 0.857. The van der Waals surface area contributed by atoms with E-state index in [1.54, 1.807) is 0 Å². The largest absolute Gasteiger partial charge is 0.443 e. The van der Waals surface area contributed by atoms with Gasteiger partial charge in [0.2, 0.25) is 5.91 Å². The zero-order valence-corrected chi connectivity index (χ0v) is 12.3. The summed E-state index contributed by atoms with van der Waals surface area (Å²) in [4.78, 5) is 25.2. The fourth-order valence-electron chi connectivity index (χ4n) is 2.40. The second-order valence-electron chi connectivity index (χ2n) is 6.58. The first-order valence-electron chi connectivity index (χ1n) is 6.67. The van der Waals surface area contributed by atoms with Gasteiger partial charge in [0.15, 0.2) is 0 Å². The maximum absolute atomic E-state index is 12.0. The third-order valence-electron chi connectivity index (χ3n) is 3.16. The number of hydrogen-bond donors (Lipinski definition) is 0. The van der Waals surface area contributed by atoms with E-state index in [9.17, 15) is 9.59 Å². The molecule has 0 radical (unpaired) electrons. The molecule has 0 unspecified atom stereocenters. The van der Waals surface area contributed by atoms with Gasteiger partial charge in [0.1, 0.15) is 5.60 Å². The molecule has 2 amide bonds. The number of hydrogen-bond acceptors (Lipinski definition) is 3. The fourth-order valence-corrected chi connectivity index (χ4v) is 2.40. The summed E-state index contributed by atoms with van der Waals surface area (Å²) in [5.41, 5.74) is -0.562. The Hall–Kier alpha value is -1.06. The molecule has 1 saturated heterocycles. The highest BCUT2D eigenvalue weighted by molar-refractivity contribution is 5.94. The second kappa shape index (κ2) is 5.29. The number of rotatable bonds is 2. The van der Waals surface area contributed by atoms with Gasteiger partial charge in [0.25, 0.3) is 0 Å². The first kappa shape index (κ1) is 15.0. The second-order valence-corrected chi connectivity index (χ2v) is 6.58. The summed E-state index contributed by atoms with van der Waals surface area (Å²) in [7, 11) is 0. The van der Waals surface area contributed by atoms with Crippen molar-refractivity contribution in [3.8, 4) is 0 Å². The van der Waals surface area contributed by atoms with Crippen LogP contribution in [0.2, 0.25) is 0 Å². The predicted molar refractivity (Wildman–Crippen MR) is 70.1 cm³/mol. The van der Waals surface area contributed by atoms with Crippen LogP contribution in [0.25, 0.3) is 0 Å². The molecular formula is C14H25NO3. The molecule has 2 atom stereocenters. The highest BCUT2D eigenvalue weighted by Crippen LogP contribution is 2.31. The summed E-state index contributed by atoms with van der Waals surface area (Å²) in [5.74, 6) is 0.677. The molecule has 4 heteroatoms. The van der Waals surface area contributed by atoms with Crippen molar-refractivity contribution in [2.45, 2.75) is 66.0 Å². The lowest BCUT2D eigenvalue weighted by molar-refractivity contribution is -0.127. The van der Waals surface area contributed by atoms with Gasteiger partial charge in [-0.3, -0.25) is 4.79 Å². The van der Waals surface area contributed by atoms with E-state index in [1.807, 2.05) is 27.7 Å². The zero-order chi connectivity index (χ0) is 14.1. The van der Waals surface area contributed by atoms with Crippen LogP contribution >= 0.6 is 0 Å². The summed E-state index contributed by atoms with van der Waals surface area (Å²) in [6.07, 6.45) is 0.913. The van der Waals surface area contributed by atoms with Gasteiger partial charge < -0.3 is 4.74 Å². The van der Waals surface area contributed by atoms with Crippen molar-refractivity contribution < 1.29 is 14.3 Å². The number of likely N-dealkylation sites (tertiary alicyclic amines) is 1. The van der Waals surface area contributed by atoms with Gasteiger partial charge in [-0.05, 0) is 46.0 Å². The minimum atomic E-state index is -0.562. The SMILES string of the molecule is CC(C)C[C@H]1CC(=O)N(C(=O)OC(C)(C)C)[C@@H]1C. The molecule has 0 saturated carbocycles. The molecule has 0 aromatic carbocycles. The topological polar surface area (TPSA) is 46.6 Å². The molecule has 1 aliphatic heterocycles. The molecule has 0 spiro atoms. The summed E-state index contributed by atoms with van der Waals surface area (Å²) in [6, 6.07) is -0.0604. The molecule has 1 fully saturated rings. The van der Waals surface area contributed by atoms with Gasteiger partial charge >= 0.3 is 6.09 Å². The van der Waals surface area contributed by atoms with Crippen molar-refractivity contribution >= 4 is 12.0 Å². The molecule has 0 aliphatic carbocycles. The number of carbonyl (C=O) groups excluding carboxylic acids is 2. The van der Waals surface area contributed by atoms with Crippen LogP contribution in [0.3, 0.4) is 0 Å². The molecule has 1 rings (SSSR count). The Bertz CT molecular complexity index is 330. The van der Waals surface area contributed by atoms with Crippen molar-refractivity contribution in [2.75, 3.05) is 0 Å². The normalized spacial score (nSPS) is 24.8. The van der Waals surface area contributed by atoms with Crippen LogP contribution in [0, 0.1) is 11.8 Å². The van der Waals surface area contributed by atoms with Crippen molar-refractivity contribution in [2.24, 2.45) is 11.8 Å². The number of imide groups is 1. The number of ether oxygens (including phenoxy) is 1. The lowest BCUT2D eigenvalue weighted by atomic mass is 9.91. The molecule has 1 aliphatic rings. The molecule has 0 aromatic heterocycles. The minimum absolute atomic E-state index is 0.0604. The predicted octanol–water partition coefficient (Wildman–Crippen LogP) is 3.20. The van der Waals surface area contributed by atoms with Crippen LogP contribution in [-0.2, 0) is 9.53 Å². The van der Waals surface area contributed by atoms with Crippen LogP contribution < -0.4 is 0 Å². The monoisotopic (exact) mass is 255 g/mol. The van der Waals surface area contributed by atoms with E-state index in [2.05, 4.69) is 13.8 Å². The lowest BCUT2D eigenvalue weighted by Crippen LogP contribution is -2.42. The average Bonchev–Trinajstić information content (AvgIpc) is 2.37. The summed E-state index contributed by atoms with van der Waals surface area (Å²) in [5, 5.41) is 0. The Labute approximate surface area is 110 Å². The maximum Gasteiger partial charge on any atom is 0.417 e. The van der Waals surface area contributed by atoms with Crippen molar-refractivity contribution in [3.05, 3.63) is 0 Å². The van der Waals surface area contributed by atoms with Crippen molar-refractivity contribution in [1.29, 1.82) is 0 Å². The number of amides is 2. The molecule has 0 N–H and O–H groups in total. The van der Waals surface area contributed by atoms with E-state index in [0.29, 0.717) is 12.3 Å². The highest BCUT2D eigenvalue weighted by atomic mass is 16.6. The number of nitrogens with zero attached hydrogens (tertiary/aromatic N) is 1. The third kappa shape index (κ3) is 3.72. The molecular weight excluding hydrogens is 230 g/mol. The van der Waals surface area contributed by atoms with Crippen molar-refractivity contribution in [3.63, 3.8) is 0 Å². The van der Waals surface area contributed by atoms with Crippen LogP contribution in [-0.4, -0.2) is 28.5 Å². The van der Waals surface area contributed by atoms with Gasteiger partial charge in [-0.2, -0.15) is 0 Å². The van der Waals surface area contributed by atoms with E-state index >= 15 is 0 Å². The molecule has 1 heterocycles. The Morgan fingerprint density at radius 1 is 1.44 bits per heavy atom. The van der Waals surface area contributed by atoms with Gasteiger partial charge in [0.05, 0.1) is 0 Å². The standard InChI is InChI=1S/C14H25NO3/c1-9(2)7-11-8-12(16)15(10(11)3)13(17)18-14(4,5)6/h9-11H,7-8H2,1-6H3/t10-,11+/m1/s1. The summed E-state index contributed by atoms with van der Waals surface area (Å²) >= 11 is 0.